The molecule has 5 heteroatoms. The molecule has 0 saturated carbocycles. The smallest absolute Gasteiger partial charge is 0.187 e. The molecular weight excluding hydrogens is 184 g/mol. The lowest BCUT2D eigenvalue weighted by molar-refractivity contribution is 0.753. The second-order valence-corrected chi connectivity index (χ2v) is 3.66. The van der Waals surface area contributed by atoms with Crippen molar-refractivity contribution in [3.05, 3.63) is 17.0 Å². The third-order valence-corrected chi connectivity index (χ3v) is 2.68. The molecule has 0 unspecified atom stereocenters. The zero-order valence-electron chi connectivity index (χ0n) is 7.50. The largest absolute Gasteiger partial charge is 0.325 e. The lowest BCUT2D eigenvalue weighted by atomic mass is 10.2. The van der Waals surface area contributed by atoms with Crippen LogP contribution in [-0.4, -0.2) is 16.2 Å². The van der Waals surface area contributed by atoms with Crippen LogP contribution in [-0.2, 0) is 19.6 Å². The highest BCUT2D eigenvalue weighted by Crippen LogP contribution is 2.19. The van der Waals surface area contributed by atoms with Gasteiger partial charge >= 0.3 is 0 Å². The molecule has 4 nitrogen and oxygen atoms in total. The van der Waals surface area contributed by atoms with Crippen LogP contribution >= 0.6 is 11.8 Å². The average Bonchev–Trinajstić information content (AvgIpc) is 2.63. The number of nitrogens with two attached hydrogens (primary N) is 1. The molecule has 13 heavy (non-hydrogen) atoms. The molecule has 0 spiro atoms. The summed E-state index contributed by atoms with van der Waals surface area (Å²) in [6.45, 7) is 2.20. The van der Waals surface area contributed by atoms with E-state index in [0.717, 1.165) is 29.6 Å². The summed E-state index contributed by atoms with van der Waals surface area (Å²) in [5.41, 5.74) is 8.91. The number of nitrogens with zero attached hydrogens (tertiary/aromatic N) is 2. The van der Waals surface area contributed by atoms with Crippen molar-refractivity contribution in [3.63, 3.8) is 0 Å². The van der Waals surface area contributed by atoms with Crippen LogP contribution in [0.1, 0.15) is 17.0 Å². The van der Waals surface area contributed by atoms with E-state index in [2.05, 4.69) is 15.3 Å². The first kappa shape index (κ1) is 8.93. The molecular formula is C8H12N4S. The normalized spacial score (nSPS) is 14.6. The summed E-state index contributed by atoms with van der Waals surface area (Å²) in [5.74, 6) is 0. The number of aromatic nitrogens is 2. The van der Waals surface area contributed by atoms with E-state index in [4.69, 9.17) is 5.73 Å². The maximum Gasteiger partial charge on any atom is 0.187 e. The summed E-state index contributed by atoms with van der Waals surface area (Å²) in [6.07, 6.45) is 1.98. The van der Waals surface area contributed by atoms with Crippen molar-refractivity contribution >= 4 is 11.8 Å². The van der Waals surface area contributed by atoms with E-state index in [-0.39, 0.29) is 0 Å². The van der Waals surface area contributed by atoms with Crippen LogP contribution in [0.25, 0.3) is 0 Å². The Bertz CT molecular complexity index is 326. The first-order valence-electron chi connectivity index (χ1n) is 4.18. The lowest BCUT2D eigenvalue weighted by Gasteiger charge is -2.05. The van der Waals surface area contributed by atoms with Crippen LogP contribution in [0.4, 0.5) is 0 Å². The van der Waals surface area contributed by atoms with Gasteiger partial charge in [-0.25, -0.2) is 9.97 Å². The fraction of sp³-hybridized carbons (Fsp3) is 0.500. The van der Waals surface area contributed by atoms with Gasteiger partial charge in [0.2, 0.25) is 0 Å². The van der Waals surface area contributed by atoms with Gasteiger partial charge in [-0.1, -0.05) is 11.8 Å². The Morgan fingerprint density at radius 3 is 3.00 bits per heavy atom. The van der Waals surface area contributed by atoms with E-state index in [0.29, 0.717) is 6.54 Å². The Kier molecular flexibility index (Phi) is 2.48. The molecule has 0 atom stereocenters. The van der Waals surface area contributed by atoms with Crippen molar-refractivity contribution in [1.29, 1.82) is 0 Å². The van der Waals surface area contributed by atoms with Crippen molar-refractivity contribution in [1.82, 2.24) is 15.3 Å². The maximum atomic E-state index is 5.62. The Morgan fingerprint density at radius 2 is 2.31 bits per heavy atom. The Balaban J connectivity index is 2.49. The topological polar surface area (TPSA) is 63.8 Å². The summed E-state index contributed by atoms with van der Waals surface area (Å²) < 4.78 is 0. The van der Waals surface area contributed by atoms with E-state index >= 15 is 0 Å². The van der Waals surface area contributed by atoms with Gasteiger partial charge in [-0.3, -0.25) is 0 Å². The van der Waals surface area contributed by atoms with Gasteiger partial charge in [0.25, 0.3) is 0 Å². The van der Waals surface area contributed by atoms with Gasteiger partial charge in [0.1, 0.15) is 0 Å². The van der Waals surface area contributed by atoms with Gasteiger partial charge < -0.3 is 11.1 Å². The molecule has 0 aliphatic carbocycles. The summed E-state index contributed by atoms with van der Waals surface area (Å²) in [7, 11) is 0. The molecule has 70 valence electrons. The zero-order valence-corrected chi connectivity index (χ0v) is 8.32. The minimum Gasteiger partial charge on any atom is -0.325 e. The van der Waals surface area contributed by atoms with E-state index in [1.165, 1.54) is 5.56 Å². The molecule has 3 N–H and O–H groups in total. The predicted molar refractivity (Wildman–Crippen MR) is 52.2 cm³/mol. The first-order chi connectivity index (χ1) is 6.35. The third-order valence-electron chi connectivity index (χ3n) is 2.13. The number of hydrogen-bond donors (Lipinski definition) is 2. The van der Waals surface area contributed by atoms with E-state index in [9.17, 15) is 0 Å². The minimum atomic E-state index is 0.500. The molecule has 0 amide bonds. The Morgan fingerprint density at radius 1 is 1.46 bits per heavy atom. The first-order valence-corrected chi connectivity index (χ1v) is 5.41. The van der Waals surface area contributed by atoms with Crippen LogP contribution in [0.15, 0.2) is 5.16 Å². The van der Waals surface area contributed by atoms with Gasteiger partial charge in [-0.2, -0.15) is 0 Å². The number of rotatable bonds is 2. The van der Waals surface area contributed by atoms with E-state index in [1.54, 1.807) is 11.8 Å². The Hall–Kier alpha value is -0.650. The number of thioether (sulfide) groups is 1. The summed E-state index contributed by atoms with van der Waals surface area (Å²) in [5, 5.41) is 4.07. The number of nitrogens with one attached hydrogen (secondary N) is 1. The second-order valence-electron chi connectivity index (χ2n) is 2.89. The van der Waals surface area contributed by atoms with Gasteiger partial charge in [-0.05, 0) is 6.26 Å². The summed E-state index contributed by atoms with van der Waals surface area (Å²) in [4.78, 5) is 8.78. The van der Waals surface area contributed by atoms with Crippen LogP contribution in [0.5, 0.6) is 0 Å². The molecule has 1 aliphatic rings. The molecule has 2 heterocycles. The van der Waals surface area contributed by atoms with Crippen molar-refractivity contribution in [2.75, 3.05) is 6.26 Å². The lowest BCUT2D eigenvalue weighted by Crippen LogP contribution is -2.07. The Labute approximate surface area is 81.3 Å². The van der Waals surface area contributed by atoms with Crippen LogP contribution in [0.2, 0.25) is 0 Å². The molecule has 0 aromatic carbocycles. The maximum absolute atomic E-state index is 5.62. The van der Waals surface area contributed by atoms with Crippen LogP contribution in [0, 0.1) is 0 Å². The van der Waals surface area contributed by atoms with Gasteiger partial charge in [0.15, 0.2) is 5.16 Å². The monoisotopic (exact) mass is 196 g/mol. The van der Waals surface area contributed by atoms with Crippen molar-refractivity contribution in [2.45, 2.75) is 24.8 Å². The predicted octanol–water partition coefficient (Wildman–Crippen LogP) is 0.260. The van der Waals surface area contributed by atoms with Gasteiger partial charge in [0.05, 0.1) is 11.4 Å². The summed E-state index contributed by atoms with van der Waals surface area (Å²) >= 11 is 1.56. The highest BCUT2D eigenvalue weighted by atomic mass is 32.2. The second kappa shape index (κ2) is 3.61. The quantitative estimate of drug-likeness (QED) is 0.525. The fourth-order valence-corrected chi connectivity index (χ4v) is 1.88. The number of hydrogen-bond acceptors (Lipinski definition) is 5. The molecule has 1 aromatic rings. The molecule has 0 saturated heterocycles. The molecule has 1 aliphatic heterocycles. The molecule has 0 bridgehead atoms. The summed E-state index contributed by atoms with van der Waals surface area (Å²) in [6, 6.07) is 0. The molecule has 1 aromatic heterocycles. The van der Waals surface area contributed by atoms with Crippen molar-refractivity contribution < 1.29 is 0 Å². The third kappa shape index (κ3) is 1.54. The minimum absolute atomic E-state index is 0.500. The van der Waals surface area contributed by atoms with Crippen LogP contribution < -0.4 is 11.1 Å². The molecule has 0 radical (unpaired) electrons. The highest BCUT2D eigenvalue weighted by molar-refractivity contribution is 7.98. The van der Waals surface area contributed by atoms with Gasteiger partial charge in [0, 0.05) is 25.2 Å². The van der Waals surface area contributed by atoms with Crippen molar-refractivity contribution in [2.24, 2.45) is 5.73 Å². The van der Waals surface area contributed by atoms with Crippen molar-refractivity contribution in [3.8, 4) is 0 Å². The zero-order chi connectivity index (χ0) is 9.26. The standard InChI is InChI=1S/C8H12N4S/c1-13-8-11-6(2-9)5-3-10-4-7(5)12-8/h10H,2-4,9H2,1H3. The fourth-order valence-electron chi connectivity index (χ4n) is 1.47. The van der Waals surface area contributed by atoms with Gasteiger partial charge in [-0.15, -0.1) is 0 Å². The average molecular weight is 196 g/mol. The van der Waals surface area contributed by atoms with E-state index < -0.39 is 0 Å². The SMILES string of the molecule is CSc1nc(CN)c2c(n1)CNC2. The van der Waals surface area contributed by atoms with Crippen LogP contribution in [0.3, 0.4) is 0 Å². The molecule has 0 fully saturated rings. The number of fused-ring (bicyclic) bond motifs is 1. The highest BCUT2D eigenvalue weighted by Gasteiger charge is 2.17. The molecule has 2 rings (SSSR count). The van der Waals surface area contributed by atoms with E-state index in [1.807, 2.05) is 6.26 Å².